The van der Waals surface area contributed by atoms with Crippen LogP contribution in [-0.2, 0) is 16.6 Å². The van der Waals surface area contributed by atoms with Crippen LogP contribution in [0.2, 0.25) is 0 Å². The summed E-state index contributed by atoms with van der Waals surface area (Å²) in [4.78, 5) is 11.0. The van der Waals surface area contributed by atoms with Crippen LogP contribution in [0.1, 0.15) is 12.1 Å². The first kappa shape index (κ1) is 14.0. The fraction of sp³-hybridized carbons (Fsp3) is 0.455. The zero-order chi connectivity index (χ0) is 13.8. The second-order valence-electron chi connectivity index (χ2n) is 3.84. The maximum absolute atomic E-state index is 11.0. The van der Waals surface area contributed by atoms with E-state index in [0.29, 0.717) is 12.2 Å². The molecule has 0 aliphatic carbocycles. The number of hydrogen-bond acceptors (Lipinski definition) is 7. The maximum atomic E-state index is 11.0. The van der Waals surface area contributed by atoms with E-state index in [2.05, 4.69) is 20.0 Å². The molecule has 2 rings (SSSR count). The minimum absolute atomic E-state index is 0.209. The number of nitrogens with zero attached hydrogens (tertiary/aromatic N) is 4. The molecule has 0 aliphatic rings. The van der Waals surface area contributed by atoms with Gasteiger partial charge in [-0.25, -0.2) is 0 Å². The molecule has 2 heterocycles. The topological polar surface area (TPSA) is 69.9 Å². The third-order valence-corrected chi connectivity index (χ3v) is 4.47. The average Bonchev–Trinajstić information content (AvgIpc) is 2.95. The van der Waals surface area contributed by atoms with E-state index in [4.69, 9.17) is 0 Å². The van der Waals surface area contributed by atoms with Crippen LogP contribution in [0.15, 0.2) is 10.4 Å². The summed E-state index contributed by atoms with van der Waals surface area (Å²) in [6, 6.07) is 1.98. The van der Waals surface area contributed by atoms with Gasteiger partial charge in [-0.1, -0.05) is 23.1 Å². The molecule has 2 aromatic heterocycles. The number of methoxy groups -OCH3 is 1. The first-order chi connectivity index (χ1) is 9.10. The summed E-state index contributed by atoms with van der Waals surface area (Å²) in [5.41, 5.74) is 1.91. The lowest BCUT2D eigenvalue weighted by molar-refractivity contribution is -0.140. The highest BCUT2D eigenvalue weighted by molar-refractivity contribution is 8.01. The number of carbonyl (C=O) groups is 1. The maximum Gasteiger partial charge on any atom is 0.306 e. The molecule has 0 unspecified atom stereocenters. The zero-order valence-corrected chi connectivity index (χ0v) is 12.5. The molecular formula is C11H14N4O2S2. The Morgan fingerprint density at radius 1 is 1.53 bits per heavy atom. The molecule has 0 amide bonds. The van der Waals surface area contributed by atoms with Crippen molar-refractivity contribution >= 4 is 29.1 Å². The minimum Gasteiger partial charge on any atom is -0.469 e. The summed E-state index contributed by atoms with van der Waals surface area (Å²) >= 11 is 3.01. The van der Waals surface area contributed by atoms with Gasteiger partial charge in [0.2, 0.25) is 0 Å². The number of aryl methyl sites for hydroxylation is 2. The van der Waals surface area contributed by atoms with E-state index in [0.717, 1.165) is 20.7 Å². The quantitative estimate of drug-likeness (QED) is 0.620. The molecule has 0 saturated heterocycles. The molecule has 6 nitrogen and oxygen atoms in total. The molecule has 102 valence electrons. The van der Waals surface area contributed by atoms with E-state index in [1.807, 2.05) is 20.0 Å². The summed E-state index contributed by atoms with van der Waals surface area (Å²) in [6.07, 6.45) is 0.376. The van der Waals surface area contributed by atoms with Crippen molar-refractivity contribution in [1.82, 2.24) is 20.0 Å². The van der Waals surface area contributed by atoms with Crippen LogP contribution in [0.5, 0.6) is 0 Å². The van der Waals surface area contributed by atoms with Crippen molar-refractivity contribution in [3.05, 3.63) is 11.8 Å². The molecule has 19 heavy (non-hydrogen) atoms. The minimum atomic E-state index is -0.209. The summed E-state index contributed by atoms with van der Waals surface area (Å²) in [5, 5.41) is 13.4. The van der Waals surface area contributed by atoms with Gasteiger partial charge >= 0.3 is 5.97 Å². The third kappa shape index (κ3) is 3.54. The van der Waals surface area contributed by atoms with Gasteiger partial charge in [0.05, 0.1) is 24.9 Å². The van der Waals surface area contributed by atoms with Crippen LogP contribution in [0.3, 0.4) is 0 Å². The van der Waals surface area contributed by atoms with Crippen LogP contribution in [0.25, 0.3) is 10.7 Å². The van der Waals surface area contributed by atoms with Gasteiger partial charge in [-0.2, -0.15) is 5.10 Å². The fourth-order valence-corrected chi connectivity index (χ4v) is 3.39. The predicted molar refractivity (Wildman–Crippen MR) is 74.2 cm³/mol. The van der Waals surface area contributed by atoms with Gasteiger partial charge in [-0.3, -0.25) is 9.48 Å². The lowest BCUT2D eigenvalue weighted by atomic mass is 10.4. The van der Waals surface area contributed by atoms with E-state index in [9.17, 15) is 4.79 Å². The number of thioether (sulfide) groups is 1. The van der Waals surface area contributed by atoms with Gasteiger partial charge < -0.3 is 4.74 Å². The normalized spacial score (nSPS) is 10.7. The van der Waals surface area contributed by atoms with E-state index in [1.165, 1.54) is 30.2 Å². The van der Waals surface area contributed by atoms with Crippen molar-refractivity contribution in [3.63, 3.8) is 0 Å². The zero-order valence-electron chi connectivity index (χ0n) is 10.9. The van der Waals surface area contributed by atoms with E-state index in [-0.39, 0.29) is 5.97 Å². The molecule has 0 bridgehead atoms. The molecule has 0 spiro atoms. The molecule has 0 aromatic carbocycles. The molecule has 2 aromatic rings. The highest BCUT2D eigenvalue weighted by Gasteiger charge is 2.12. The van der Waals surface area contributed by atoms with Crippen molar-refractivity contribution < 1.29 is 9.53 Å². The number of hydrogen-bond donors (Lipinski definition) is 0. The number of carbonyl (C=O) groups excluding carboxylic acids is 1. The third-order valence-electron chi connectivity index (χ3n) is 2.39. The largest absolute Gasteiger partial charge is 0.469 e. The lowest BCUT2D eigenvalue weighted by Crippen LogP contribution is -2.00. The Morgan fingerprint density at radius 3 is 2.95 bits per heavy atom. The van der Waals surface area contributed by atoms with Gasteiger partial charge in [0.25, 0.3) is 0 Å². The van der Waals surface area contributed by atoms with Crippen LogP contribution >= 0.6 is 23.1 Å². The Balaban J connectivity index is 1.99. The van der Waals surface area contributed by atoms with Gasteiger partial charge in [0.15, 0.2) is 9.35 Å². The summed E-state index contributed by atoms with van der Waals surface area (Å²) in [5.74, 6) is 0.436. The van der Waals surface area contributed by atoms with Gasteiger partial charge in [0.1, 0.15) is 0 Å². The smallest absolute Gasteiger partial charge is 0.306 e. The van der Waals surface area contributed by atoms with E-state index >= 15 is 0 Å². The Hall–Kier alpha value is -1.41. The SMILES string of the molecule is COC(=O)CCSc1nnc(-c2cc(C)nn2C)s1. The molecule has 0 atom stereocenters. The van der Waals surface area contributed by atoms with Crippen LogP contribution in [0.4, 0.5) is 0 Å². The van der Waals surface area contributed by atoms with Crippen LogP contribution < -0.4 is 0 Å². The summed E-state index contributed by atoms with van der Waals surface area (Å²) in [7, 11) is 3.27. The molecule has 0 radical (unpaired) electrons. The highest BCUT2D eigenvalue weighted by atomic mass is 32.2. The second kappa shape index (κ2) is 6.16. The summed E-state index contributed by atoms with van der Waals surface area (Å²) in [6.45, 7) is 1.94. The first-order valence-corrected chi connectivity index (χ1v) is 7.44. The van der Waals surface area contributed by atoms with Crippen molar-refractivity contribution in [2.45, 2.75) is 17.7 Å². The van der Waals surface area contributed by atoms with E-state index in [1.54, 1.807) is 4.68 Å². The van der Waals surface area contributed by atoms with Crippen LogP contribution in [-0.4, -0.2) is 38.8 Å². The highest BCUT2D eigenvalue weighted by Crippen LogP contribution is 2.29. The van der Waals surface area contributed by atoms with Crippen molar-refractivity contribution in [2.75, 3.05) is 12.9 Å². The second-order valence-corrected chi connectivity index (χ2v) is 6.16. The lowest BCUT2D eigenvalue weighted by Gasteiger charge is -1.96. The monoisotopic (exact) mass is 298 g/mol. The Bertz CT molecular complexity index is 579. The predicted octanol–water partition coefficient (Wildman–Crippen LogP) is 1.90. The number of ether oxygens (including phenoxy) is 1. The average molecular weight is 298 g/mol. The Kier molecular flexibility index (Phi) is 4.54. The molecule has 0 N–H and O–H groups in total. The molecule has 0 saturated carbocycles. The van der Waals surface area contributed by atoms with Gasteiger partial charge in [-0.05, 0) is 13.0 Å². The fourth-order valence-electron chi connectivity index (χ4n) is 1.51. The number of rotatable bonds is 5. The van der Waals surface area contributed by atoms with Gasteiger partial charge in [-0.15, -0.1) is 10.2 Å². The van der Waals surface area contributed by atoms with Crippen molar-refractivity contribution in [1.29, 1.82) is 0 Å². The molecule has 0 aliphatic heterocycles. The first-order valence-electron chi connectivity index (χ1n) is 5.64. The van der Waals surface area contributed by atoms with Crippen LogP contribution in [0, 0.1) is 6.92 Å². The molecule has 0 fully saturated rings. The Labute approximate surface area is 119 Å². The van der Waals surface area contributed by atoms with E-state index < -0.39 is 0 Å². The summed E-state index contributed by atoms with van der Waals surface area (Å²) < 4.78 is 7.22. The number of esters is 1. The van der Waals surface area contributed by atoms with Crippen molar-refractivity contribution in [2.24, 2.45) is 7.05 Å². The molecule has 8 heteroatoms. The molecular weight excluding hydrogens is 284 g/mol. The Morgan fingerprint density at radius 2 is 2.32 bits per heavy atom. The standard InChI is InChI=1S/C11H14N4O2S2/c1-7-6-8(15(2)14-7)10-12-13-11(19-10)18-5-4-9(16)17-3/h6H,4-5H2,1-3H3. The van der Waals surface area contributed by atoms with Crippen molar-refractivity contribution in [3.8, 4) is 10.7 Å². The van der Waals surface area contributed by atoms with Gasteiger partial charge in [0, 0.05) is 12.8 Å². The number of aromatic nitrogens is 4.